The Kier molecular flexibility index (Phi) is 6.97. The number of ketones is 1. The molecule has 0 saturated heterocycles. The highest BCUT2D eigenvalue weighted by Gasteiger charge is 2.11. The van der Waals surface area contributed by atoms with Gasteiger partial charge in [0.1, 0.15) is 17.3 Å². The summed E-state index contributed by atoms with van der Waals surface area (Å²) in [5, 5.41) is 7.15. The van der Waals surface area contributed by atoms with Crippen LogP contribution in [0.3, 0.4) is 0 Å². The lowest BCUT2D eigenvalue weighted by Crippen LogP contribution is -2.13. The number of benzene rings is 3. The number of carbonyl (C=O) groups excluding carboxylic acids is 3. The van der Waals surface area contributed by atoms with Crippen LogP contribution in [0.2, 0.25) is 0 Å². The minimum atomic E-state index is -0.352. The topological polar surface area (TPSA) is 97.4 Å². The van der Waals surface area contributed by atoms with Crippen LogP contribution in [0.25, 0.3) is 10.8 Å². The van der Waals surface area contributed by atoms with Crippen molar-refractivity contribution in [2.24, 2.45) is 0 Å². The Labute approximate surface area is 202 Å². The number of amides is 2. The van der Waals surface area contributed by atoms with E-state index >= 15 is 0 Å². The Morgan fingerprint density at radius 1 is 0.943 bits per heavy atom. The van der Waals surface area contributed by atoms with Crippen molar-refractivity contribution >= 4 is 39.9 Å². The van der Waals surface area contributed by atoms with Gasteiger partial charge in [-0.3, -0.25) is 14.4 Å². The first-order valence-electron chi connectivity index (χ1n) is 11.0. The predicted octanol–water partition coefficient (Wildman–Crippen LogP) is 6.00. The highest BCUT2D eigenvalue weighted by molar-refractivity contribution is 6.08. The highest BCUT2D eigenvalue weighted by atomic mass is 16.5. The molecule has 0 aliphatic rings. The largest absolute Gasteiger partial charge is 0.457 e. The molecule has 7 nitrogen and oxygen atoms in total. The van der Waals surface area contributed by atoms with Crippen molar-refractivity contribution in [2.75, 3.05) is 10.6 Å². The highest BCUT2D eigenvalue weighted by Crippen LogP contribution is 2.29. The maximum atomic E-state index is 12.6. The molecule has 0 aliphatic heterocycles. The van der Waals surface area contributed by atoms with Gasteiger partial charge >= 0.3 is 0 Å². The van der Waals surface area contributed by atoms with Crippen molar-refractivity contribution in [3.05, 3.63) is 103 Å². The molecule has 35 heavy (non-hydrogen) atoms. The van der Waals surface area contributed by atoms with E-state index in [1.807, 2.05) is 37.3 Å². The van der Waals surface area contributed by atoms with Crippen LogP contribution in [0.5, 0.6) is 11.5 Å². The fraction of sp³-hybridized carbons (Fsp3) is 0.0714. The third-order valence-electron chi connectivity index (χ3n) is 5.28. The average Bonchev–Trinajstić information content (AvgIpc) is 2.88. The molecule has 1 aromatic heterocycles. The molecule has 2 amide bonds. The molecule has 0 atom stereocenters. The summed E-state index contributed by atoms with van der Waals surface area (Å²) in [6.07, 6.45) is 3.15. The molecule has 0 unspecified atom stereocenters. The zero-order valence-corrected chi connectivity index (χ0v) is 19.1. The zero-order valence-electron chi connectivity index (χ0n) is 19.1. The first-order chi connectivity index (χ1) is 17.0. The van der Waals surface area contributed by atoms with E-state index in [0.29, 0.717) is 40.6 Å². The summed E-state index contributed by atoms with van der Waals surface area (Å²) in [5.74, 6) is 0.833. The van der Waals surface area contributed by atoms with Crippen LogP contribution in [-0.4, -0.2) is 22.6 Å². The van der Waals surface area contributed by atoms with Crippen molar-refractivity contribution in [2.45, 2.75) is 13.3 Å². The summed E-state index contributed by atoms with van der Waals surface area (Å²) < 4.78 is 5.98. The fourth-order valence-electron chi connectivity index (χ4n) is 3.52. The van der Waals surface area contributed by atoms with E-state index in [2.05, 4.69) is 22.2 Å². The smallest absolute Gasteiger partial charge is 0.256 e. The number of hydrogen-bond acceptors (Lipinski definition) is 5. The molecule has 4 aromatic rings. The lowest BCUT2D eigenvalue weighted by molar-refractivity contribution is -0.111. The Morgan fingerprint density at radius 3 is 2.46 bits per heavy atom. The number of rotatable bonds is 8. The summed E-state index contributed by atoms with van der Waals surface area (Å²) in [5.41, 5.74) is 1.66. The number of hydrogen-bond donors (Lipinski definition) is 2. The second-order valence-electron chi connectivity index (χ2n) is 7.67. The van der Waals surface area contributed by atoms with Crippen LogP contribution in [0.4, 0.5) is 11.5 Å². The summed E-state index contributed by atoms with van der Waals surface area (Å²) in [7, 11) is 0. The number of fused-ring (bicyclic) bond motifs is 1. The number of aromatic nitrogens is 1. The number of nitrogens with one attached hydrogen (secondary N) is 2. The van der Waals surface area contributed by atoms with Crippen LogP contribution in [0, 0.1) is 0 Å². The first kappa shape index (κ1) is 23.4. The third kappa shape index (κ3) is 5.59. The number of Topliss-reactive ketones (excluding diaryl/α,β-unsaturated/α-hetero) is 1. The normalized spacial score (nSPS) is 10.4. The Hall–Kier alpha value is -4.78. The zero-order chi connectivity index (χ0) is 24.8. The summed E-state index contributed by atoms with van der Waals surface area (Å²) in [6, 6.07) is 20.9. The van der Waals surface area contributed by atoms with Crippen LogP contribution in [0.1, 0.15) is 34.1 Å². The maximum absolute atomic E-state index is 12.6. The molecular formula is C28H23N3O4. The predicted molar refractivity (Wildman–Crippen MR) is 136 cm³/mol. The molecule has 3 aromatic carbocycles. The van der Waals surface area contributed by atoms with Gasteiger partial charge in [-0.1, -0.05) is 31.7 Å². The van der Waals surface area contributed by atoms with Crippen LogP contribution in [0.15, 0.2) is 91.6 Å². The number of pyridine rings is 1. The van der Waals surface area contributed by atoms with Crippen molar-refractivity contribution in [1.29, 1.82) is 0 Å². The Morgan fingerprint density at radius 2 is 1.71 bits per heavy atom. The summed E-state index contributed by atoms with van der Waals surface area (Å²) in [6.45, 7) is 5.25. The molecule has 1 heterocycles. The number of ether oxygens (including phenoxy) is 1. The van der Waals surface area contributed by atoms with Gasteiger partial charge in [-0.2, -0.15) is 0 Å². The minimum absolute atomic E-state index is 0.0925. The van der Waals surface area contributed by atoms with E-state index < -0.39 is 0 Å². The number of carbonyl (C=O) groups is 3. The minimum Gasteiger partial charge on any atom is -0.457 e. The van der Waals surface area contributed by atoms with Gasteiger partial charge in [-0.25, -0.2) is 4.98 Å². The molecular weight excluding hydrogens is 442 g/mol. The van der Waals surface area contributed by atoms with E-state index in [9.17, 15) is 14.4 Å². The molecule has 0 fully saturated rings. The van der Waals surface area contributed by atoms with Crippen molar-refractivity contribution in [1.82, 2.24) is 4.98 Å². The van der Waals surface area contributed by atoms with Gasteiger partial charge < -0.3 is 15.4 Å². The Balaban J connectivity index is 1.47. The maximum Gasteiger partial charge on any atom is 0.256 e. The van der Waals surface area contributed by atoms with E-state index in [0.717, 1.165) is 10.8 Å². The van der Waals surface area contributed by atoms with Gasteiger partial charge in [0.2, 0.25) is 5.91 Å². The van der Waals surface area contributed by atoms with Gasteiger partial charge in [0.25, 0.3) is 5.91 Å². The molecule has 7 heteroatoms. The van der Waals surface area contributed by atoms with Gasteiger partial charge in [0.15, 0.2) is 5.78 Å². The first-order valence-corrected chi connectivity index (χ1v) is 11.0. The van der Waals surface area contributed by atoms with Gasteiger partial charge in [0.05, 0.1) is 0 Å². The van der Waals surface area contributed by atoms with E-state index in [1.165, 1.54) is 12.3 Å². The van der Waals surface area contributed by atoms with Crippen LogP contribution >= 0.6 is 0 Å². The molecule has 0 saturated carbocycles. The average molecular weight is 466 g/mol. The van der Waals surface area contributed by atoms with Gasteiger partial charge in [-0.15, -0.1) is 0 Å². The fourth-order valence-corrected chi connectivity index (χ4v) is 3.52. The van der Waals surface area contributed by atoms with E-state index in [-0.39, 0.29) is 17.6 Å². The lowest BCUT2D eigenvalue weighted by Gasteiger charge is -2.10. The third-order valence-corrected chi connectivity index (χ3v) is 5.28. The standard InChI is InChI=1S/C28H23N3O4/c1-3-25(32)24-7-5-6-19-16-21(12-13-23(19)24)35-22-14-15-29-26(17-22)31-28(34)18-8-10-20(11-9-18)30-27(33)4-2/h4-17H,2-3H2,1H3,(H,30,33)(H,29,31,34). The molecule has 0 radical (unpaired) electrons. The van der Waals surface area contributed by atoms with Gasteiger partial charge in [-0.05, 0) is 65.4 Å². The van der Waals surface area contributed by atoms with Crippen molar-refractivity contribution in [3.63, 3.8) is 0 Å². The number of nitrogens with zero attached hydrogens (tertiary/aromatic N) is 1. The molecule has 0 bridgehead atoms. The van der Waals surface area contributed by atoms with Crippen molar-refractivity contribution in [3.8, 4) is 11.5 Å². The monoisotopic (exact) mass is 465 g/mol. The number of anilines is 2. The molecule has 2 N–H and O–H groups in total. The lowest BCUT2D eigenvalue weighted by atomic mass is 10.00. The van der Waals surface area contributed by atoms with Crippen molar-refractivity contribution < 1.29 is 19.1 Å². The second kappa shape index (κ2) is 10.4. The summed E-state index contributed by atoms with van der Waals surface area (Å²) >= 11 is 0. The SMILES string of the molecule is C=CC(=O)Nc1ccc(C(=O)Nc2cc(Oc3ccc4c(C(=O)CC)cccc4c3)ccn2)cc1. The molecule has 0 spiro atoms. The van der Waals surface area contributed by atoms with Gasteiger partial charge in [0, 0.05) is 35.5 Å². The van der Waals surface area contributed by atoms with E-state index in [1.54, 1.807) is 42.5 Å². The van der Waals surface area contributed by atoms with E-state index in [4.69, 9.17) is 4.74 Å². The molecule has 174 valence electrons. The Bertz CT molecular complexity index is 1430. The second-order valence-corrected chi connectivity index (χ2v) is 7.67. The molecule has 0 aliphatic carbocycles. The van der Waals surface area contributed by atoms with Crippen LogP contribution in [-0.2, 0) is 4.79 Å². The molecule has 4 rings (SSSR count). The summed E-state index contributed by atoms with van der Waals surface area (Å²) in [4.78, 5) is 40.4. The van der Waals surface area contributed by atoms with Crippen LogP contribution < -0.4 is 15.4 Å². The quantitative estimate of drug-likeness (QED) is 0.246.